The summed E-state index contributed by atoms with van der Waals surface area (Å²) in [5.41, 5.74) is 0. The van der Waals surface area contributed by atoms with E-state index >= 15 is 0 Å². The number of halogens is 1. The number of nitrogens with one attached hydrogen (secondary N) is 1. The van der Waals surface area contributed by atoms with Crippen molar-refractivity contribution < 1.29 is 9.47 Å². The van der Waals surface area contributed by atoms with Gasteiger partial charge in [-0.2, -0.15) is 0 Å². The molecule has 0 aromatic rings. The van der Waals surface area contributed by atoms with Crippen LogP contribution in [-0.2, 0) is 9.47 Å². The average Bonchev–Trinajstić information content (AvgIpc) is 2.45. The van der Waals surface area contributed by atoms with Gasteiger partial charge in [-0.05, 0) is 0 Å². The number of rotatable bonds is 0. The summed E-state index contributed by atoms with van der Waals surface area (Å²) in [6.45, 7) is 3.43. The van der Waals surface area contributed by atoms with E-state index in [2.05, 4.69) is 5.32 Å². The van der Waals surface area contributed by atoms with Crippen LogP contribution in [0, 0.1) is 0 Å². The number of hydrogen-bond acceptors (Lipinski definition) is 3. The first-order chi connectivity index (χ1) is 4.41. The molecule has 0 saturated carbocycles. The zero-order chi connectivity index (χ0) is 6.16. The van der Waals surface area contributed by atoms with Crippen molar-refractivity contribution in [3.63, 3.8) is 0 Å². The number of hydrogen-bond donors (Lipinski definition) is 1. The van der Waals surface area contributed by atoms with Gasteiger partial charge in [0.15, 0.2) is 5.79 Å². The SMILES string of the molecule is C1CC2(CN1)OCCO2.Cl. The highest BCUT2D eigenvalue weighted by Crippen LogP contribution is 2.25. The van der Waals surface area contributed by atoms with Crippen LogP contribution in [0.3, 0.4) is 0 Å². The molecule has 2 aliphatic rings. The quantitative estimate of drug-likeness (QED) is 0.554. The van der Waals surface area contributed by atoms with E-state index in [4.69, 9.17) is 9.47 Å². The van der Waals surface area contributed by atoms with Crippen LogP contribution >= 0.6 is 12.4 Å². The summed E-state index contributed by atoms with van der Waals surface area (Å²) in [5, 5.41) is 3.20. The van der Waals surface area contributed by atoms with Crippen LogP contribution in [0.2, 0.25) is 0 Å². The smallest absolute Gasteiger partial charge is 0.182 e. The molecule has 2 heterocycles. The second kappa shape index (κ2) is 3.05. The lowest BCUT2D eigenvalue weighted by molar-refractivity contribution is -0.139. The fraction of sp³-hybridized carbons (Fsp3) is 1.00. The van der Waals surface area contributed by atoms with Gasteiger partial charge in [-0.25, -0.2) is 0 Å². The molecule has 0 amide bonds. The highest BCUT2D eigenvalue weighted by Gasteiger charge is 2.39. The normalized spacial score (nSPS) is 28.8. The monoisotopic (exact) mass is 165 g/mol. The van der Waals surface area contributed by atoms with Crippen LogP contribution in [-0.4, -0.2) is 32.1 Å². The Morgan fingerprint density at radius 1 is 1.20 bits per heavy atom. The van der Waals surface area contributed by atoms with Gasteiger partial charge in [-0.3, -0.25) is 0 Å². The lowest BCUT2D eigenvalue weighted by Gasteiger charge is -2.18. The zero-order valence-corrected chi connectivity index (χ0v) is 6.58. The van der Waals surface area contributed by atoms with Gasteiger partial charge in [0.05, 0.1) is 13.2 Å². The fourth-order valence-corrected chi connectivity index (χ4v) is 1.39. The maximum Gasteiger partial charge on any atom is 0.182 e. The van der Waals surface area contributed by atoms with E-state index in [0.717, 1.165) is 32.7 Å². The molecule has 0 aliphatic carbocycles. The molecule has 0 bridgehead atoms. The summed E-state index contributed by atoms with van der Waals surface area (Å²) in [4.78, 5) is 0. The van der Waals surface area contributed by atoms with Gasteiger partial charge in [0.1, 0.15) is 0 Å². The second-order valence-electron chi connectivity index (χ2n) is 2.53. The van der Waals surface area contributed by atoms with Crippen LogP contribution < -0.4 is 5.32 Å². The third-order valence-corrected chi connectivity index (χ3v) is 1.89. The van der Waals surface area contributed by atoms with Gasteiger partial charge >= 0.3 is 0 Å². The molecule has 4 heteroatoms. The van der Waals surface area contributed by atoms with Crippen LogP contribution in [0.5, 0.6) is 0 Å². The van der Waals surface area contributed by atoms with Gasteiger partial charge in [-0.1, -0.05) is 0 Å². The highest BCUT2D eigenvalue weighted by molar-refractivity contribution is 5.85. The number of ether oxygens (including phenoxy) is 2. The Bertz CT molecular complexity index is 90.8. The van der Waals surface area contributed by atoms with Crippen LogP contribution in [0.1, 0.15) is 6.42 Å². The van der Waals surface area contributed by atoms with E-state index < -0.39 is 0 Å². The van der Waals surface area contributed by atoms with Crippen molar-refractivity contribution in [2.45, 2.75) is 12.2 Å². The molecule has 2 rings (SSSR count). The van der Waals surface area contributed by atoms with Crippen molar-refractivity contribution in [3.05, 3.63) is 0 Å². The Balaban J connectivity index is 0.000000500. The van der Waals surface area contributed by atoms with Gasteiger partial charge in [0, 0.05) is 19.5 Å². The zero-order valence-electron chi connectivity index (χ0n) is 5.76. The minimum atomic E-state index is -0.222. The molecule has 3 nitrogen and oxygen atoms in total. The fourth-order valence-electron chi connectivity index (χ4n) is 1.39. The lowest BCUT2D eigenvalue weighted by Crippen LogP contribution is -2.32. The predicted molar refractivity (Wildman–Crippen MR) is 39.4 cm³/mol. The summed E-state index contributed by atoms with van der Waals surface area (Å²) < 4.78 is 10.8. The lowest BCUT2D eigenvalue weighted by atomic mass is 10.2. The molecule has 10 heavy (non-hydrogen) atoms. The first-order valence-electron chi connectivity index (χ1n) is 3.40. The molecule has 2 saturated heterocycles. The maximum absolute atomic E-state index is 5.42. The maximum atomic E-state index is 5.42. The Morgan fingerprint density at radius 2 is 1.90 bits per heavy atom. The first-order valence-corrected chi connectivity index (χ1v) is 3.40. The van der Waals surface area contributed by atoms with E-state index in [1.807, 2.05) is 0 Å². The predicted octanol–water partition coefficient (Wildman–Crippen LogP) is 0.145. The summed E-state index contributed by atoms with van der Waals surface area (Å²) >= 11 is 0. The second-order valence-corrected chi connectivity index (χ2v) is 2.53. The summed E-state index contributed by atoms with van der Waals surface area (Å²) in [6.07, 6.45) is 1.01. The Morgan fingerprint density at radius 3 is 2.40 bits per heavy atom. The molecule has 2 aliphatic heterocycles. The Labute approximate surface area is 66.5 Å². The third kappa shape index (κ3) is 1.27. The summed E-state index contributed by atoms with van der Waals surface area (Å²) in [6, 6.07) is 0. The molecule has 60 valence electrons. The van der Waals surface area contributed by atoms with Gasteiger partial charge in [-0.15, -0.1) is 12.4 Å². The van der Waals surface area contributed by atoms with Crippen LogP contribution in [0.4, 0.5) is 0 Å². The molecule has 1 N–H and O–H groups in total. The molecule has 1 spiro atoms. The van der Waals surface area contributed by atoms with E-state index in [0.29, 0.717) is 0 Å². The summed E-state index contributed by atoms with van der Waals surface area (Å²) in [7, 11) is 0. The van der Waals surface area contributed by atoms with E-state index in [9.17, 15) is 0 Å². The first kappa shape index (κ1) is 8.27. The Kier molecular flexibility index (Phi) is 2.52. The van der Waals surface area contributed by atoms with Crippen molar-refractivity contribution in [1.82, 2.24) is 5.32 Å². The minimum Gasteiger partial charge on any atom is -0.346 e. The standard InChI is InChI=1S/C6H11NO2.ClH/c1-2-7-5-6(1)8-3-4-9-6;/h7H,1-5H2;1H. The van der Waals surface area contributed by atoms with E-state index in [1.165, 1.54) is 0 Å². The molecule has 2 fully saturated rings. The molecular formula is C6H12ClNO2. The molecule has 0 aromatic heterocycles. The topological polar surface area (TPSA) is 30.5 Å². The largest absolute Gasteiger partial charge is 0.346 e. The van der Waals surface area contributed by atoms with E-state index in [1.54, 1.807) is 0 Å². The molecule has 0 aromatic carbocycles. The average molecular weight is 166 g/mol. The highest BCUT2D eigenvalue weighted by atomic mass is 35.5. The Hall–Kier alpha value is 0.170. The van der Waals surface area contributed by atoms with Crippen molar-refractivity contribution in [2.75, 3.05) is 26.3 Å². The van der Waals surface area contributed by atoms with Crippen LogP contribution in [0.25, 0.3) is 0 Å². The van der Waals surface area contributed by atoms with Crippen molar-refractivity contribution in [2.24, 2.45) is 0 Å². The molecule has 0 radical (unpaired) electrons. The van der Waals surface area contributed by atoms with Crippen molar-refractivity contribution in [3.8, 4) is 0 Å². The van der Waals surface area contributed by atoms with Gasteiger partial charge in [0.2, 0.25) is 0 Å². The third-order valence-electron chi connectivity index (χ3n) is 1.89. The van der Waals surface area contributed by atoms with Crippen molar-refractivity contribution in [1.29, 1.82) is 0 Å². The van der Waals surface area contributed by atoms with E-state index in [-0.39, 0.29) is 18.2 Å². The van der Waals surface area contributed by atoms with Gasteiger partial charge in [0.25, 0.3) is 0 Å². The minimum absolute atomic E-state index is 0. The van der Waals surface area contributed by atoms with Crippen molar-refractivity contribution >= 4 is 12.4 Å². The van der Waals surface area contributed by atoms with Crippen LogP contribution in [0.15, 0.2) is 0 Å². The van der Waals surface area contributed by atoms with Gasteiger partial charge < -0.3 is 14.8 Å². The molecular weight excluding hydrogens is 154 g/mol. The molecule has 0 atom stereocenters. The molecule has 0 unspecified atom stereocenters. The summed E-state index contributed by atoms with van der Waals surface area (Å²) in [5.74, 6) is -0.222.